The van der Waals surface area contributed by atoms with Gasteiger partial charge < -0.3 is 19.3 Å². The van der Waals surface area contributed by atoms with Gasteiger partial charge in [0.15, 0.2) is 6.61 Å². The number of piperidine rings is 1. The topological polar surface area (TPSA) is 54.9 Å². The standard InChI is InChI=1S/C24H33N3O3/c1-17-6-7-22-21(13-17)23(14-18(2)25-22)30-16-24(28)27(15-20-5-4-12-29-20)19-8-10-26(3)11-9-19/h6-7,13-14,19-20H,4-5,8-12,15-16H2,1-3H3/t20-/m0/s1. The number of carbonyl (C=O) groups is 1. The maximum Gasteiger partial charge on any atom is 0.260 e. The molecule has 3 heterocycles. The van der Waals surface area contributed by atoms with Crippen LogP contribution in [0.2, 0.25) is 0 Å². The van der Waals surface area contributed by atoms with Crippen molar-refractivity contribution in [3.05, 3.63) is 35.5 Å². The summed E-state index contributed by atoms with van der Waals surface area (Å²) < 4.78 is 11.9. The molecular formula is C24H33N3O3. The van der Waals surface area contributed by atoms with E-state index in [1.165, 1.54) is 0 Å². The molecule has 0 radical (unpaired) electrons. The van der Waals surface area contributed by atoms with Crippen LogP contribution in [0.25, 0.3) is 10.9 Å². The van der Waals surface area contributed by atoms with Gasteiger partial charge in [-0.2, -0.15) is 0 Å². The monoisotopic (exact) mass is 411 g/mol. The van der Waals surface area contributed by atoms with Gasteiger partial charge in [-0.15, -0.1) is 0 Å². The second-order valence-corrected chi connectivity index (χ2v) is 8.79. The highest BCUT2D eigenvalue weighted by Crippen LogP contribution is 2.27. The molecule has 2 fully saturated rings. The average Bonchev–Trinajstić information content (AvgIpc) is 3.24. The Morgan fingerprint density at radius 3 is 2.77 bits per heavy atom. The number of nitrogens with zero attached hydrogens (tertiary/aromatic N) is 3. The third-order valence-corrected chi connectivity index (χ3v) is 6.28. The number of ether oxygens (including phenoxy) is 2. The van der Waals surface area contributed by atoms with Gasteiger partial charge in [0, 0.05) is 36.3 Å². The Bertz CT molecular complexity index is 887. The summed E-state index contributed by atoms with van der Waals surface area (Å²) in [7, 11) is 2.14. The maximum absolute atomic E-state index is 13.3. The summed E-state index contributed by atoms with van der Waals surface area (Å²) in [6, 6.07) is 8.32. The molecule has 4 rings (SSSR count). The van der Waals surface area contributed by atoms with Crippen LogP contribution in [-0.4, -0.2) is 72.7 Å². The van der Waals surface area contributed by atoms with E-state index in [0.29, 0.717) is 6.54 Å². The first-order valence-electron chi connectivity index (χ1n) is 11.1. The fourth-order valence-electron chi connectivity index (χ4n) is 4.55. The van der Waals surface area contributed by atoms with Crippen molar-refractivity contribution in [2.75, 3.05) is 39.9 Å². The molecule has 2 aliphatic heterocycles. The quantitative estimate of drug-likeness (QED) is 0.730. The van der Waals surface area contributed by atoms with Gasteiger partial charge in [-0.1, -0.05) is 11.6 Å². The number of likely N-dealkylation sites (tertiary alicyclic amines) is 1. The Kier molecular flexibility index (Phi) is 6.54. The summed E-state index contributed by atoms with van der Waals surface area (Å²) >= 11 is 0. The Hall–Kier alpha value is -2.18. The summed E-state index contributed by atoms with van der Waals surface area (Å²) in [6.07, 6.45) is 4.28. The van der Waals surface area contributed by atoms with E-state index in [2.05, 4.69) is 29.9 Å². The Morgan fingerprint density at radius 2 is 2.03 bits per heavy atom. The van der Waals surface area contributed by atoms with Crippen LogP contribution in [-0.2, 0) is 9.53 Å². The van der Waals surface area contributed by atoms with Crippen LogP contribution >= 0.6 is 0 Å². The van der Waals surface area contributed by atoms with E-state index in [4.69, 9.17) is 9.47 Å². The fourth-order valence-corrected chi connectivity index (χ4v) is 4.55. The van der Waals surface area contributed by atoms with Crippen molar-refractivity contribution in [2.24, 2.45) is 0 Å². The minimum Gasteiger partial charge on any atom is -0.483 e. The van der Waals surface area contributed by atoms with Gasteiger partial charge in [0.05, 0.1) is 11.6 Å². The first-order valence-corrected chi connectivity index (χ1v) is 11.1. The number of hydrogen-bond acceptors (Lipinski definition) is 5. The lowest BCUT2D eigenvalue weighted by molar-refractivity contribution is -0.138. The summed E-state index contributed by atoms with van der Waals surface area (Å²) in [4.78, 5) is 22.2. The molecule has 0 saturated carbocycles. The van der Waals surface area contributed by atoms with Crippen molar-refractivity contribution < 1.29 is 14.3 Å². The number of carbonyl (C=O) groups excluding carboxylic acids is 1. The van der Waals surface area contributed by atoms with Crippen LogP contribution in [0.4, 0.5) is 0 Å². The van der Waals surface area contributed by atoms with Crippen LogP contribution in [0.3, 0.4) is 0 Å². The Labute approximate surface area is 179 Å². The summed E-state index contributed by atoms with van der Waals surface area (Å²) in [5.74, 6) is 0.783. The second kappa shape index (κ2) is 9.31. The molecular weight excluding hydrogens is 378 g/mol. The van der Waals surface area contributed by atoms with Crippen molar-refractivity contribution in [3.63, 3.8) is 0 Å². The highest BCUT2D eigenvalue weighted by atomic mass is 16.5. The average molecular weight is 412 g/mol. The number of rotatable bonds is 6. The van der Waals surface area contributed by atoms with Gasteiger partial charge in [0.2, 0.25) is 0 Å². The zero-order valence-electron chi connectivity index (χ0n) is 18.4. The molecule has 0 N–H and O–H groups in total. The van der Waals surface area contributed by atoms with E-state index in [9.17, 15) is 4.79 Å². The lowest BCUT2D eigenvalue weighted by Gasteiger charge is -2.38. The number of amides is 1. The van der Waals surface area contributed by atoms with Crippen LogP contribution in [0.15, 0.2) is 24.3 Å². The molecule has 2 saturated heterocycles. The van der Waals surface area contributed by atoms with Crippen LogP contribution < -0.4 is 4.74 Å². The molecule has 6 nitrogen and oxygen atoms in total. The third kappa shape index (κ3) is 4.93. The van der Waals surface area contributed by atoms with Gasteiger partial charge in [-0.25, -0.2) is 0 Å². The minimum atomic E-state index is 0.0472. The van der Waals surface area contributed by atoms with E-state index in [1.807, 2.05) is 30.0 Å². The number of fused-ring (bicyclic) bond motifs is 1. The van der Waals surface area contributed by atoms with Crippen molar-refractivity contribution in [1.29, 1.82) is 0 Å². The highest BCUT2D eigenvalue weighted by Gasteiger charge is 2.30. The van der Waals surface area contributed by atoms with Gasteiger partial charge >= 0.3 is 0 Å². The second-order valence-electron chi connectivity index (χ2n) is 8.79. The number of benzene rings is 1. The number of hydrogen-bond donors (Lipinski definition) is 0. The minimum absolute atomic E-state index is 0.0472. The van der Waals surface area contributed by atoms with E-state index >= 15 is 0 Å². The smallest absolute Gasteiger partial charge is 0.260 e. The summed E-state index contributed by atoms with van der Waals surface area (Å²) in [5, 5.41) is 0.957. The van der Waals surface area contributed by atoms with Gasteiger partial charge in [-0.05, 0) is 71.8 Å². The predicted octanol–water partition coefficient (Wildman–Crippen LogP) is 3.33. The molecule has 0 aliphatic carbocycles. The lowest BCUT2D eigenvalue weighted by atomic mass is 10.0. The summed E-state index contributed by atoms with van der Waals surface area (Å²) in [5.41, 5.74) is 2.94. The maximum atomic E-state index is 13.3. The van der Waals surface area contributed by atoms with Crippen molar-refractivity contribution in [3.8, 4) is 5.75 Å². The van der Waals surface area contributed by atoms with E-state index in [0.717, 1.165) is 73.3 Å². The number of aromatic nitrogens is 1. The largest absolute Gasteiger partial charge is 0.483 e. The number of aryl methyl sites for hydroxylation is 2. The van der Waals surface area contributed by atoms with Crippen molar-refractivity contribution in [1.82, 2.24) is 14.8 Å². The molecule has 1 amide bonds. The predicted molar refractivity (Wildman–Crippen MR) is 118 cm³/mol. The van der Waals surface area contributed by atoms with Crippen molar-refractivity contribution in [2.45, 2.75) is 51.7 Å². The molecule has 0 unspecified atom stereocenters. The van der Waals surface area contributed by atoms with Crippen molar-refractivity contribution >= 4 is 16.8 Å². The van der Waals surface area contributed by atoms with E-state index in [-0.39, 0.29) is 24.7 Å². The molecule has 2 aliphatic rings. The molecule has 30 heavy (non-hydrogen) atoms. The SMILES string of the molecule is Cc1ccc2nc(C)cc(OCC(=O)N(C[C@@H]3CCCO3)C3CCN(C)CC3)c2c1. The van der Waals surface area contributed by atoms with Crippen LogP contribution in [0.1, 0.15) is 36.9 Å². The summed E-state index contributed by atoms with van der Waals surface area (Å²) in [6.45, 7) is 7.58. The molecule has 1 atom stereocenters. The van der Waals surface area contributed by atoms with Gasteiger partial charge in [0.1, 0.15) is 5.75 Å². The molecule has 0 bridgehead atoms. The first-order chi connectivity index (χ1) is 14.5. The first kappa shape index (κ1) is 21.1. The van der Waals surface area contributed by atoms with E-state index in [1.54, 1.807) is 0 Å². The molecule has 162 valence electrons. The number of pyridine rings is 1. The fraction of sp³-hybridized carbons (Fsp3) is 0.583. The van der Waals surface area contributed by atoms with Crippen LogP contribution in [0.5, 0.6) is 5.75 Å². The Balaban J connectivity index is 1.49. The Morgan fingerprint density at radius 1 is 1.23 bits per heavy atom. The third-order valence-electron chi connectivity index (χ3n) is 6.28. The van der Waals surface area contributed by atoms with Gasteiger partial charge in [-0.3, -0.25) is 9.78 Å². The molecule has 6 heteroatoms. The molecule has 2 aromatic rings. The normalized spacial score (nSPS) is 20.6. The molecule has 0 spiro atoms. The highest BCUT2D eigenvalue weighted by molar-refractivity contribution is 5.86. The zero-order chi connectivity index (χ0) is 21.1. The lowest BCUT2D eigenvalue weighted by Crippen LogP contribution is -2.50. The van der Waals surface area contributed by atoms with Gasteiger partial charge in [0.25, 0.3) is 5.91 Å². The molecule has 1 aromatic carbocycles. The molecule has 1 aromatic heterocycles. The zero-order valence-corrected chi connectivity index (χ0v) is 18.4. The van der Waals surface area contributed by atoms with E-state index < -0.39 is 0 Å². The van der Waals surface area contributed by atoms with Crippen LogP contribution in [0, 0.1) is 13.8 Å².